The normalized spacial score (nSPS) is 14.7. The van der Waals surface area contributed by atoms with E-state index in [1.807, 2.05) is 0 Å². The molecular weight excluding hydrogens is 715 g/mol. The summed E-state index contributed by atoms with van der Waals surface area (Å²) in [7, 11) is 2.13. The molecule has 0 aliphatic carbocycles. The summed E-state index contributed by atoms with van der Waals surface area (Å²) in [5, 5.41) is 0. The Labute approximate surface area is 350 Å². The monoisotopic (exact) mass is 802 g/mol. The van der Waals surface area contributed by atoms with Gasteiger partial charge in [0.25, 0.3) is 0 Å². The molecule has 0 saturated carbocycles. The van der Waals surface area contributed by atoms with E-state index in [-0.39, 0.29) is 31.8 Å². The third-order valence-electron chi connectivity index (χ3n) is 11.1. The summed E-state index contributed by atoms with van der Waals surface area (Å²) < 4.78 is 22.1. The summed E-state index contributed by atoms with van der Waals surface area (Å²) in [5.74, 6) is -0.589. The first-order chi connectivity index (χ1) is 27.9. The second kappa shape index (κ2) is 38.9. The van der Waals surface area contributed by atoms with E-state index in [1.54, 1.807) is 6.08 Å². The van der Waals surface area contributed by atoms with Gasteiger partial charge in [-0.2, -0.15) is 0 Å². The third-order valence-corrected chi connectivity index (χ3v) is 11.1. The van der Waals surface area contributed by atoms with Crippen molar-refractivity contribution in [3.63, 3.8) is 0 Å². The van der Waals surface area contributed by atoms with Gasteiger partial charge < -0.3 is 23.8 Å². The minimum Gasteiger partial charge on any atom is -0.465 e. The van der Waals surface area contributed by atoms with E-state index in [9.17, 15) is 14.4 Å². The Morgan fingerprint density at radius 3 is 1.72 bits per heavy atom. The van der Waals surface area contributed by atoms with Crippen molar-refractivity contribution in [2.24, 2.45) is 11.8 Å². The number of rotatable bonds is 37. The fourth-order valence-corrected chi connectivity index (χ4v) is 7.16. The number of nitrogens with zero attached hydrogens (tertiary/aromatic N) is 1. The predicted molar refractivity (Wildman–Crippen MR) is 236 cm³/mol. The molecule has 1 atom stereocenters. The van der Waals surface area contributed by atoms with Gasteiger partial charge in [0, 0.05) is 12.5 Å². The summed E-state index contributed by atoms with van der Waals surface area (Å²) in [4.78, 5) is 40.5. The minimum absolute atomic E-state index is 0.00478. The van der Waals surface area contributed by atoms with E-state index in [4.69, 9.17) is 18.9 Å². The van der Waals surface area contributed by atoms with Crippen LogP contribution in [0.15, 0.2) is 36.0 Å². The lowest BCUT2D eigenvalue weighted by Gasteiger charge is -2.28. The fraction of sp³-hybridized carbons (Fsp3) is 0.816. The summed E-state index contributed by atoms with van der Waals surface area (Å²) in [6.45, 7) is 9.08. The zero-order valence-corrected chi connectivity index (χ0v) is 37.4. The number of hydrogen-bond acceptors (Lipinski definition) is 8. The van der Waals surface area contributed by atoms with Crippen LogP contribution in [0.4, 0.5) is 4.79 Å². The summed E-state index contributed by atoms with van der Waals surface area (Å²) in [6, 6.07) is 0. The van der Waals surface area contributed by atoms with Gasteiger partial charge in [-0.3, -0.25) is 4.79 Å². The molecule has 8 heteroatoms. The molecule has 0 aromatic carbocycles. The predicted octanol–water partition coefficient (Wildman–Crippen LogP) is 13.4. The fourth-order valence-electron chi connectivity index (χ4n) is 7.16. The van der Waals surface area contributed by atoms with Crippen LogP contribution in [0.25, 0.3) is 0 Å². The maximum absolute atomic E-state index is 13.0. The standard InChI is InChI=1S/C49H87NO7/c1-5-8-11-13-15-17-18-19-20-21-22-23-25-27-30-33-47(51)55-41-46(43-57-49(53)54-39-36-44-34-37-50(4)38-35-44)42-56-48(52)40-45(31-28-10-7-3)32-29-26-24-16-14-12-9-6-2/h15,17,19-20,40,44,46H,5-14,16,18,21-39,41-43H2,1-4H3/b17-15-,20-19-,45-40+. The van der Waals surface area contributed by atoms with Gasteiger partial charge >= 0.3 is 18.1 Å². The Balaban J connectivity index is 2.53. The SMILES string of the molecule is CCCCC/C=C\C/C=C\CCCCCCCC(=O)OCC(COC(=O)/C=C(\CCCCC)CCCCCCCCCC)COC(=O)OCCC1CCN(C)CC1. The van der Waals surface area contributed by atoms with Crippen molar-refractivity contribution >= 4 is 18.1 Å². The van der Waals surface area contributed by atoms with Crippen molar-refractivity contribution in [3.05, 3.63) is 36.0 Å². The second-order valence-electron chi connectivity index (χ2n) is 16.6. The third kappa shape index (κ3) is 34.0. The maximum Gasteiger partial charge on any atom is 0.508 e. The number of piperidine rings is 1. The lowest BCUT2D eigenvalue weighted by molar-refractivity contribution is -0.148. The van der Waals surface area contributed by atoms with Crippen LogP contribution in [0.1, 0.15) is 201 Å². The highest BCUT2D eigenvalue weighted by molar-refractivity contribution is 5.82. The van der Waals surface area contributed by atoms with Gasteiger partial charge in [-0.15, -0.1) is 0 Å². The summed E-state index contributed by atoms with van der Waals surface area (Å²) >= 11 is 0. The van der Waals surface area contributed by atoms with Gasteiger partial charge in [0.05, 0.1) is 12.5 Å². The molecule has 1 heterocycles. The van der Waals surface area contributed by atoms with Gasteiger partial charge in [-0.1, -0.05) is 141 Å². The van der Waals surface area contributed by atoms with E-state index in [2.05, 4.69) is 57.0 Å². The number of carbonyl (C=O) groups excluding carboxylic acids is 3. The Morgan fingerprint density at radius 1 is 0.579 bits per heavy atom. The summed E-state index contributed by atoms with van der Waals surface area (Å²) in [6.07, 6.45) is 40.9. The average molecular weight is 802 g/mol. The van der Waals surface area contributed by atoms with Gasteiger partial charge in [0.1, 0.15) is 19.8 Å². The van der Waals surface area contributed by atoms with Crippen molar-refractivity contribution in [1.29, 1.82) is 0 Å². The number of allylic oxidation sites excluding steroid dienone is 5. The smallest absolute Gasteiger partial charge is 0.465 e. The van der Waals surface area contributed by atoms with Crippen LogP contribution in [0, 0.1) is 11.8 Å². The van der Waals surface area contributed by atoms with Crippen LogP contribution in [-0.4, -0.2) is 69.6 Å². The topological polar surface area (TPSA) is 91.4 Å². The van der Waals surface area contributed by atoms with Crippen LogP contribution in [-0.2, 0) is 28.5 Å². The largest absolute Gasteiger partial charge is 0.508 e. The molecule has 0 N–H and O–H groups in total. The molecule has 0 radical (unpaired) electrons. The number of likely N-dealkylation sites (tertiary alicyclic amines) is 1. The number of carbonyl (C=O) groups is 3. The van der Waals surface area contributed by atoms with Gasteiger partial charge in [0.2, 0.25) is 0 Å². The van der Waals surface area contributed by atoms with E-state index < -0.39 is 12.1 Å². The number of ether oxygens (including phenoxy) is 4. The number of esters is 2. The second-order valence-corrected chi connectivity index (χ2v) is 16.6. The van der Waals surface area contributed by atoms with Crippen LogP contribution in [0.5, 0.6) is 0 Å². The molecule has 57 heavy (non-hydrogen) atoms. The molecule has 8 nitrogen and oxygen atoms in total. The highest BCUT2D eigenvalue weighted by Gasteiger charge is 2.20. The van der Waals surface area contributed by atoms with Crippen LogP contribution in [0.2, 0.25) is 0 Å². The zero-order valence-electron chi connectivity index (χ0n) is 37.4. The van der Waals surface area contributed by atoms with E-state index >= 15 is 0 Å². The average Bonchev–Trinajstić information content (AvgIpc) is 3.20. The van der Waals surface area contributed by atoms with Crippen molar-refractivity contribution in [1.82, 2.24) is 4.90 Å². The van der Waals surface area contributed by atoms with Crippen molar-refractivity contribution in [2.75, 3.05) is 46.6 Å². The van der Waals surface area contributed by atoms with Crippen LogP contribution >= 0.6 is 0 Å². The molecule has 1 aliphatic rings. The molecule has 1 unspecified atom stereocenters. The Kier molecular flexibility index (Phi) is 35.8. The summed E-state index contributed by atoms with van der Waals surface area (Å²) in [5.41, 5.74) is 1.14. The van der Waals surface area contributed by atoms with E-state index in [0.717, 1.165) is 121 Å². The number of hydrogen-bond donors (Lipinski definition) is 0. The molecule has 1 saturated heterocycles. The first-order valence-corrected chi connectivity index (χ1v) is 23.7. The van der Waals surface area contributed by atoms with Crippen molar-refractivity contribution < 1.29 is 33.3 Å². The lowest BCUT2D eigenvalue weighted by Crippen LogP contribution is -2.30. The van der Waals surface area contributed by atoms with Gasteiger partial charge in [-0.05, 0) is 110 Å². The molecule has 1 rings (SSSR count). The Morgan fingerprint density at radius 2 is 1.07 bits per heavy atom. The van der Waals surface area contributed by atoms with Gasteiger partial charge in [0.15, 0.2) is 0 Å². The molecule has 1 aliphatic heterocycles. The maximum atomic E-state index is 13.0. The van der Waals surface area contributed by atoms with E-state index in [1.165, 1.54) is 70.6 Å². The highest BCUT2D eigenvalue weighted by Crippen LogP contribution is 2.20. The molecule has 0 amide bonds. The minimum atomic E-state index is -0.737. The van der Waals surface area contributed by atoms with Crippen LogP contribution < -0.4 is 0 Å². The molecule has 0 aromatic heterocycles. The lowest BCUT2D eigenvalue weighted by atomic mass is 9.94. The molecule has 0 aromatic rings. The van der Waals surface area contributed by atoms with Crippen molar-refractivity contribution in [2.45, 2.75) is 201 Å². The first kappa shape index (κ1) is 52.4. The van der Waals surface area contributed by atoms with Gasteiger partial charge in [-0.25, -0.2) is 9.59 Å². The van der Waals surface area contributed by atoms with Crippen LogP contribution in [0.3, 0.4) is 0 Å². The Hall–Kier alpha value is -2.61. The highest BCUT2D eigenvalue weighted by atomic mass is 16.7. The van der Waals surface area contributed by atoms with Crippen molar-refractivity contribution in [3.8, 4) is 0 Å². The molecule has 330 valence electrons. The molecule has 0 spiro atoms. The Bertz CT molecular complexity index is 1060. The number of unbranched alkanes of at least 4 members (excludes halogenated alkanes) is 17. The molecular formula is C49H87NO7. The molecule has 0 bridgehead atoms. The molecule has 1 fully saturated rings. The quantitative estimate of drug-likeness (QED) is 0.0202. The van der Waals surface area contributed by atoms with E-state index in [0.29, 0.717) is 18.9 Å². The first-order valence-electron chi connectivity index (χ1n) is 23.7. The zero-order chi connectivity index (χ0) is 41.4.